The van der Waals surface area contributed by atoms with Crippen LogP contribution in [-0.4, -0.2) is 39.3 Å². The van der Waals surface area contributed by atoms with Gasteiger partial charge in [0.2, 0.25) is 5.91 Å². The van der Waals surface area contributed by atoms with E-state index >= 15 is 0 Å². The number of rotatable bonds is 10. The van der Waals surface area contributed by atoms with Gasteiger partial charge in [0.25, 0.3) is 0 Å². The van der Waals surface area contributed by atoms with Gasteiger partial charge in [-0.05, 0) is 43.0 Å². The average Bonchev–Trinajstić information content (AvgIpc) is 3.30. The summed E-state index contributed by atoms with van der Waals surface area (Å²) in [7, 11) is 1.65. The molecule has 1 fully saturated rings. The molecule has 1 aliphatic carbocycles. The van der Waals surface area contributed by atoms with Gasteiger partial charge in [-0.15, -0.1) is 12.4 Å². The second-order valence-electron chi connectivity index (χ2n) is 5.34. The molecule has 0 atom stereocenters. The maximum absolute atomic E-state index is 11.7. The smallest absolute Gasteiger partial charge is 0.234 e. The summed E-state index contributed by atoms with van der Waals surface area (Å²) < 4.78 is 10.5. The number of methoxy groups -OCH3 is 1. The van der Waals surface area contributed by atoms with Gasteiger partial charge in [0.15, 0.2) is 0 Å². The quantitative estimate of drug-likeness (QED) is 0.642. The lowest BCUT2D eigenvalue weighted by Crippen LogP contribution is -2.34. The van der Waals surface area contributed by atoms with E-state index in [4.69, 9.17) is 9.47 Å². The van der Waals surface area contributed by atoms with Crippen LogP contribution in [0.4, 0.5) is 0 Å². The first-order valence-electron chi connectivity index (χ1n) is 7.46. The standard InChI is InChI=1S/C16H24N2O3.ClH/c1-20-7-8-21-15-4-2-3-14(9-15)11-18-16(19)12-17-10-13-5-6-13;/h2-4,9,13,17H,5-8,10-12H2,1H3,(H,18,19);1H. The molecular formula is C16H25ClN2O3. The van der Waals surface area contributed by atoms with Crippen LogP contribution in [0.1, 0.15) is 18.4 Å². The minimum absolute atomic E-state index is 0. The second-order valence-corrected chi connectivity index (χ2v) is 5.34. The third-order valence-corrected chi connectivity index (χ3v) is 3.36. The summed E-state index contributed by atoms with van der Waals surface area (Å²) in [4.78, 5) is 11.7. The van der Waals surface area contributed by atoms with Crippen LogP contribution in [-0.2, 0) is 16.1 Å². The van der Waals surface area contributed by atoms with E-state index in [2.05, 4.69) is 10.6 Å². The number of ether oxygens (including phenoxy) is 2. The average molecular weight is 329 g/mol. The number of benzene rings is 1. The zero-order valence-corrected chi connectivity index (χ0v) is 13.8. The molecule has 6 heteroatoms. The molecule has 0 spiro atoms. The van der Waals surface area contributed by atoms with Crippen molar-refractivity contribution in [2.75, 3.05) is 33.4 Å². The third kappa shape index (κ3) is 7.64. The van der Waals surface area contributed by atoms with Gasteiger partial charge in [-0.3, -0.25) is 4.79 Å². The van der Waals surface area contributed by atoms with E-state index in [9.17, 15) is 4.79 Å². The fraction of sp³-hybridized carbons (Fsp3) is 0.562. The second kappa shape index (κ2) is 10.4. The van der Waals surface area contributed by atoms with Crippen LogP contribution in [0.2, 0.25) is 0 Å². The van der Waals surface area contributed by atoms with Gasteiger partial charge in [0.1, 0.15) is 12.4 Å². The maximum atomic E-state index is 11.7. The van der Waals surface area contributed by atoms with E-state index in [1.54, 1.807) is 7.11 Å². The highest BCUT2D eigenvalue weighted by molar-refractivity contribution is 5.85. The topological polar surface area (TPSA) is 59.6 Å². The van der Waals surface area contributed by atoms with E-state index in [1.165, 1.54) is 12.8 Å². The molecule has 1 aliphatic rings. The Bertz CT molecular complexity index is 453. The zero-order chi connectivity index (χ0) is 14.9. The molecule has 0 aliphatic heterocycles. The first-order chi connectivity index (χ1) is 10.3. The third-order valence-electron chi connectivity index (χ3n) is 3.36. The van der Waals surface area contributed by atoms with E-state index in [0.717, 1.165) is 23.8 Å². The Kier molecular flexibility index (Phi) is 8.89. The molecule has 124 valence electrons. The number of amides is 1. The number of halogens is 1. The van der Waals surface area contributed by atoms with E-state index < -0.39 is 0 Å². The highest BCUT2D eigenvalue weighted by Crippen LogP contribution is 2.27. The normalized spacial score (nSPS) is 13.3. The van der Waals surface area contributed by atoms with Crippen LogP contribution in [0.5, 0.6) is 5.75 Å². The highest BCUT2D eigenvalue weighted by atomic mass is 35.5. The first kappa shape index (κ1) is 18.7. The van der Waals surface area contributed by atoms with Crippen LogP contribution in [0.3, 0.4) is 0 Å². The van der Waals surface area contributed by atoms with Crippen LogP contribution in [0, 0.1) is 5.92 Å². The Balaban J connectivity index is 0.00000242. The summed E-state index contributed by atoms with van der Waals surface area (Å²) in [6.45, 7) is 2.95. The molecule has 22 heavy (non-hydrogen) atoms. The number of hydrogen-bond donors (Lipinski definition) is 2. The van der Waals surface area contributed by atoms with Gasteiger partial charge in [-0.1, -0.05) is 12.1 Å². The van der Waals surface area contributed by atoms with Crippen LogP contribution >= 0.6 is 12.4 Å². The van der Waals surface area contributed by atoms with Crippen molar-refractivity contribution in [2.24, 2.45) is 5.92 Å². The van der Waals surface area contributed by atoms with Crippen LogP contribution in [0.15, 0.2) is 24.3 Å². The summed E-state index contributed by atoms with van der Waals surface area (Å²) in [5, 5.41) is 6.08. The monoisotopic (exact) mass is 328 g/mol. The van der Waals surface area contributed by atoms with Crippen molar-refractivity contribution in [3.05, 3.63) is 29.8 Å². The van der Waals surface area contributed by atoms with Gasteiger partial charge < -0.3 is 20.1 Å². The van der Waals surface area contributed by atoms with E-state index in [-0.39, 0.29) is 18.3 Å². The van der Waals surface area contributed by atoms with E-state index in [1.807, 2.05) is 24.3 Å². The molecule has 0 unspecified atom stereocenters. The molecule has 5 nitrogen and oxygen atoms in total. The molecule has 1 aromatic carbocycles. The molecular weight excluding hydrogens is 304 g/mol. The Morgan fingerprint density at radius 1 is 1.32 bits per heavy atom. The van der Waals surface area contributed by atoms with Crippen molar-refractivity contribution >= 4 is 18.3 Å². The van der Waals surface area contributed by atoms with Crippen molar-refractivity contribution in [3.8, 4) is 5.75 Å². The number of carbonyl (C=O) groups excluding carboxylic acids is 1. The zero-order valence-electron chi connectivity index (χ0n) is 13.0. The van der Waals surface area contributed by atoms with Crippen molar-refractivity contribution in [3.63, 3.8) is 0 Å². The number of nitrogens with one attached hydrogen (secondary N) is 2. The predicted molar refractivity (Wildman–Crippen MR) is 88.5 cm³/mol. The summed E-state index contributed by atoms with van der Waals surface area (Å²) in [6, 6.07) is 7.74. The molecule has 0 aromatic heterocycles. The van der Waals surface area contributed by atoms with Crippen LogP contribution < -0.4 is 15.4 Å². The largest absolute Gasteiger partial charge is 0.491 e. The van der Waals surface area contributed by atoms with Gasteiger partial charge in [-0.25, -0.2) is 0 Å². The minimum Gasteiger partial charge on any atom is -0.491 e. The summed E-state index contributed by atoms with van der Waals surface area (Å²) in [5.74, 6) is 1.62. The molecule has 2 N–H and O–H groups in total. The molecule has 1 amide bonds. The molecule has 0 saturated heterocycles. The fourth-order valence-electron chi connectivity index (χ4n) is 1.96. The predicted octanol–water partition coefficient (Wildman–Crippen LogP) is 1.75. The fourth-order valence-corrected chi connectivity index (χ4v) is 1.96. The number of carbonyl (C=O) groups is 1. The maximum Gasteiger partial charge on any atom is 0.234 e. The summed E-state index contributed by atoms with van der Waals surface area (Å²) in [6.07, 6.45) is 2.59. The SMILES string of the molecule is COCCOc1cccc(CNC(=O)CNCC2CC2)c1.Cl. The Labute approximate surface area is 138 Å². The highest BCUT2D eigenvalue weighted by Gasteiger charge is 2.20. The van der Waals surface area contributed by atoms with Gasteiger partial charge in [0, 0.05) is 13.7 Å². The molecule has 0 radical (unpaired) electrons. The molecule has 0 bridgehead atoms. The van der Waals surface area contributed by atoms with Crippen LogP contribution in [0.25, 0.3) is 0 Å². The summed E-state index contributed by atoms with van der Waals surface area (Å²) in [5.41, 5.74) is 1.03. The van der Waals surface area contributed by atoms with Crippen molar-refractivity contribution in [1.82, 2.24) is 10.6 Å². The molecule has 1 saturated carbocycles. The lowest BCUT2D eigenvalue weighted by Gasteiger charge is -2.09. The Morgan fingerprint density at radius 3 is 2.86 bits per heavy atom. The summed E-state index contributed by atoms with van der Waals surface area (Å²) >= 11 is 0. The minimum atomic E-state index is 0. The van der Waals surface area contributed by atoms with Gasteiger partial charge in [0.05, 0.1) is 13.2 Å². The number of hydrogen-bond acceptors (Lipinski definition) is 4. The Hall–Kier alpha value is -1.30. The first-order valence-corrected chi connectivity index (χ1v) is 7.46. The molecule has 1 aromatic rings. The van der Waals surface area contributed by atoms with Crippen molar-refractivity contribution < 1.29 is 14.3 Å². The Morgan fingerprint density at radius 2 is 2.14 bits per heavy atom. The van der Waals surface area contributed by atoms with Crippen molar-refractivity contribution in [1.29, 1.82) is 0 Å². The van der Waals surface area contributed by atoms with E-state index in [0.29, 0.717) is 26.3 Å². The molecule has 0 heterocycles. The lowest BCUT2D eigenvalue weighted by atomic mass is 10.2. The van der Waals surface area contributed by atoms with Gasteiger partial charge in [-0.2, -0.15) is 0 Å². The molecule has 2 rings (SSSR count). The van der Waals surface area contributed by atoms with Crippen molar-refractivity contribution in [2.45, 2.75) is 19.4 Å². The van der Waals surface area contributed by atoms with Gasteiger partial charge >= 0.3 is 0 Å². The lowest BCUT2D eigenvalue weighted by molar-refractivity contribution is -0.120.